The van der Waals surface area contributed by atoms with E-state index in [1.165, 1.54) is 12.1 Å². The van der Waals surface area contributed by atoms with Crippen molar-refractivity contribution < 1.29 is 23.1 Å². The highest BCUT2D eigenvalue weighted by Gasteiger charge is 2.28. The van der Waals surface area contributed by atoms with Crippen LogP contribution in [0.15, 0.2) is 57.9 Å². The average molecular weight is 428 g/mol. The normalized spacial score (nSPS) is 12.6. The van der Waals surface area contributed by atoms with Crippen LogP contribution in [0.2, 0.25) is 0 Å². The zero-order valence-corrected chi connectivity index (χ0v) is 15.9. The van der Waals surface area contributed by atoms with Crippen molar-refractivity contribution >= 4 is 31.9 Å². The lowest BCUT2D eigenvalue weighted by Gasteiger charge is -2.17. The van der Waals surface area contributed by atoms with Crippen molar-refractivity contribution in [1.29, 1.82) is 0 Å². The fraction of sp³-hybridized carbons (Fsp3) is 0.235. The fourth-order valence-corrected chi connectivity index (χ4v) is 4.12. The molecule has 0 radical (unpaired) electrons. The number of aliphatic carboxylic acids is 1. The summed E-state index contributed by atoms with van der Waals surface area (Å²) in [6.07, 6.45) is 0.0351. The summed E-state index contributed by atoms with van der Waals surface area (Å²) in [5, 5.41) is 9.40. The van der Waals surface area contributed by atoms with Crippen LogP contribution in [-0.2, 0) is 21.2 Å². The summed E-state index contributed by atoms with van der Waals surface area (Å²) >= 11 is 3.22. The zero-order valence-electron chi connectivity index (χ0n) is 13.5. The molecule has 8 heteroatoms. The van der Waals surface area contributed by atoms with Gasteiger partial charge in [0.2, 0.25) is 10.0 Å². The fourth-order valence-electron chi connectivity index (χ4n) is 2.25. The molecular weight excluding hydrogens is 410 g/mol. The summed E-state index contributed by atoms with van der Waals surface area (Å²) < 4.78 is 33.6. The second-order valence-electron chi connectivity index (χ2n) is 5.23. The van der Waals surface area contributed by atoms with E-state index >= 15 is 0 Å². The number of rotatable bonds is 8. The van der Waals surface area contributed by atoms with Crippen molar-refractivity contribution in [2.45, 2.75) is 24.3 Å². The summed E-state index contributed by atoms with van der Waals surface area (Å²) in [5.41, 5.74) is 0.719. The highest BCUT2D eigenvalue weighted by Crippen LogP contribution is 2.27. The van der Waals surface area contributed by atoms with E-state index in [9.17, 15) is 18.3 Å². The molecule has 2 aromatic carbocycles. The van der Waals surface area contributed by atoms with Crippen LogP contribution in [0, 0.1) is 0 Å². The molecule has 2 rings (SSSR count). The van der Waals surface area contributed by atoms with Gasteiger partial charge in [0.15, 0.2) is 0 Å². The molecule has 25 heavy (non-hydrogen) atoms. The van der Waals surface area contributed by atoms with Crippen LogP contribution in [0.25, 0.3) is 0 Å². The van der Waals surface area contributed by atoms with Crippen LogP contribution in [0.4, 0.5) is 0 Å². The van der Waals surface area contributed by atoms with E-state index in [0.29, 0.717) is 4.47 Å². The summed E-state index contributed by atoms with van der Waals surface area (Å²) in [6, 6.07) is 12.1. The van der Waals surface area contributed by atoms with E-state index < -0.39 is 22.0 Å². The van der Waals surface area contributed by atoms with E-state index in [1.807, 2.05) is 0 Å². The van der Waals surface area contributed by atoms with Gasteiger partial charge in [0, 0.05) is 4.47 Å². The molecule has 134 valence electrons. The topological polar surface area (TPSA) is 92.7 Å². The summed E-state index contributed by atoms with van der Waals surface area (Å²) in [7, 11) is -4.09. The number of halogens is 1. The van der Waals surface area contributed by atoms with E-state index in [2.05, 4.69) is 20.7 Å². The Bertz CT molecular complexity index is 839. The van der Waals surface area contributed by atoms with Crippen LogP contribution in [-0.4, -0.2) is 32.1 Å². The Kier molecular flexibility index (Phi) is 6.57. The molecule has 0 heterocycles. The monoisotopic (exact) mass is 427 g/mol. The van der Waals surface area contributed by atoms with Crippen LogP contribution in [0.5, 0.6) is 5.75 Å². The van der Waals surface area contributed by atoms with Crippen molar-refractivity contribution in [3.63, 3.8) is 0 Å². The largest absolute Gasteiger partial charge is 0.492 e. The molecule has 0 spiro atoms. The molecule has 2 aromatic rings. The number of hydrogen-bond donors (Lipinski definition) is 2. The lowest BCUT2D eigenvalue weighted by molar-refractivity contribution is -0.138. The van der Waals surface area contributed by atoms with Gasteiger partial charge in [0.1, 0.15) is 16.7 Å². The number of hydrogen-bond acceptors (Lipinski definition) is 4. The van der Waals surface area contributed by atoms with E-state index in [1.54, 1.807) is 43.3 Å². The minimum Gasteiger partial charge on any atom is -0.492 e. The molecule has 0 saturated heterocycles. The molecular formula is C17H18BrNO5S. The third-order valence-electron chi connectivity index (χ3n) is 3.37. The van der Waals surface area contributed by atoms with Gasteiger partial charge in [-0.2, -0.15) is 4.72 Å². The molecule has 0 unspecified atom stereocenters. The second kappa shape index (κ2) is 8.46. The lowest BCUT2D eigenvalue weighted by atomic mass is 10.1. The smallest absolute Gasteiger partial charge is 0.322 e. The first-order chi connectivity index (χ1) is 11.8. The van der Waals surface area contributed by atoms with Crippen LogP contribution < -0.4 is 9.46 Å². The van der Waals surface area contributed by atoms with Gasteiger partial charge in [-0.15, -0.1) is 0 Å². The molecule has 0 fully saturated rings. The minimum absolute atomic E-state index is 0.0351. The number of ether oxygens (including phenoxy) is 1. The predicted octanol–water partition coefficient (Wildman–Crippen LogP) is 2.82. The Morgan fingerprint density at radius 3 is 2.52 bits per heavy atom. The van der Waals surface area contributed by atoms with Crippen LogP contribution >= 0.6 is 15.9 Å². The standard InChI is InChI=1S/C17H18BrNO5S/c1-2-24-15-9-8-13(18)11-16(15)25(22,23)19-14(17(20)21)10-12-6-4-3-5-7-12/h3-9,11,14,19H,2,10H2,1H3,(H,20,21)/t14-/m1/s1. The molecule has 0 aliphatic carbocycles. The number of carbonyl (C=O) groups is 1. The summed E-state index contributed by atoms with van der Waals surface area (Å²) in [5.74, 6) is -1.08. The van der Waals surface area contributed by atoms with Gasteiger partial charge in [0.25, 0.3) is 0 Å². The van der Waals surface area contributed by atoms with Crippen molar-refractivity contribution in [1.82, 2.24) is 4.72 Å². The molecule has 0 aliphatic heterocycles. The minimum atomic E-state index is -4.09. The third-order valence-corrected chi connectivity index (χ3v) is 5.36. The Hall–Kier alpha value is -1.90. The zero-order chi connectivity index (χ0) is 18.4. The van der Waals surface area contributed by atoms with Crippen molar-refractivity contribution in [2.75, 3.05) is 6.61 Å². The van der Waals surface area contributed by atoms with Crippen LogP contribution in [0.3, 0.4) is 0 Å². The van der Waals surface area contributed by atoms with Gasteiger partial charge in [-0.25, -0.2) is 8.42 Å². The number of nitrogens with one attached hydrogen (secondary N) is 1. The highest BCUT2D eigenvalue weighted by atomic mass is 79.9. The quantitative estimate of drug-likeness (QED) is 0.675. The van der Waals surface area contributed by atoms with Gasteiger partial charge in [-0.05, 0) is 37.1 Å². The summed E-state index contributed by atoms with van der Waals surface area (Å²) in [4.78, 5) is 11.4. The second-order valence-corrected chi connectivity index (χ2v) is 7.82. The summed E-state index contributed by atoms with van der Waals surface area (Å²) in [6.45, 7) is 2.03. The van der Waals surface area contributed by atoms with Gasteiger partial charge < -0.3 is 9.84 Å². The third kappa shape index (κ3) is 5.29. The molecule has 0 amide bonds. The number of carboxylic acids is 1. The molecule has 1 atom stereocenters. The molecule has 0 aliphatic rings. The van der Waals surface area contributed by atoms with Crippen molar-refractivity contribution in [2.24, 2.45) is 0 Å². The highest BCUT2D eigenvalue weighted by molar-refractivity contribution is 9.10. The molecule has 0 bridgehead atoms. The van der Waals surface area contributed by atoms with Crippen LogP contribution in [0.1, 0.15) is 12.5 Å². The maximum absolute atomic E-state index is 12.7. The first-order valence-corrected chi connectivity index (χ1v) is 9.82. The van der Waals surface area contributed by atoms with Crippen molar-refractivity contribution in [3.05, 3.63) is 58.6 Å². The Morgan fingerprint density at radius 1 is 1.24 bits per heavy atom. The maximum atomic E-state index is 12.7. The molecule has 2 N–H and O–H groups in total. The van der Waals surface area contributed by atoms with E-state index in [-0.39, 0.29) is 23.7 Å². The molecule has 6 nitrogen and oxygen atoms in total. The van der Waals surface area contributed by atoms with Gasteiger partial charge in [-0.3, -0.25) is 4.79 Å². The first kappa shape index (κ1) is 19.4. The van der Waals surface area contributed by atoms with Gasteiger partial charge in [0.05, 0.1) is 6.61 Å². The Labute approximate surface area is 155 Å². The van der Waals surface area contributed by atoms with Crippen molar-refractivity contribution in [3.8, 4) is 5.75 Å². The molecule has 0 aromatic heterocycles. The van der Waals surface area contributed by atoms with E-state index in [4.69, 9.17) is 4.74 Å². The number of carboxylic acid groups (broad SMARTS) is 1. The lowest BCUT2D eigenvalue weighted by Crippen LogP contribution is -2.42. The number of sulfonamides is 1. The predicted molar refractivity (Wildman–Crippen MR) is 97.2 cm³/mol. The van der Waals surface area contributed by atoms with Gasteiger partial charge >= 0.3 is 5.97 Å². The van der Waals surface area contributed by atoms with E-state index in [0.717, 1.165) is 5.56 Å². The SMILES string of the molecule is CCOc1ccc(Br)cc1S(=O)(=O)N[C@H](Cc1ccccc1)C(=O)O. The first-order valence-electron chi connectivity index (χ1n) is 7.55. The average Bonchev–Trinajstić information content (AvgIpc) is 2.56. The number of benzene rings is 2. The Morgan fingerprint density at radius 2 is 1.92 bits per heavy atom. The Balaban J connectivity index is 2.32. The maximum Gasteiger partial charge on any atom is 0.322 e. The van der Waals surface area contributed by atoms with Gasteiger partial charge in [-0.1, -0.05) is 46.3 Å². The molecule has 0 saturated carbocycles.